The van der Waals surface area contributed by atoms with Crippen molar-refractivity contribution in [3.05, 3.63) is 29.3 Å². The molecule has 1 saturated heterocycles. The predicted octanol–water partition coefficient (Wildman–Crippen LogP) is 1.08. The lowest BCUT2D eigenvalue weighted by Gasteiger charge is -2.29. The van der Waals surface area contributed by atoms with Gasteiger partial charge in [-0.1, -0.05) is 6.07 Å². The van der Waals surface area contributed by atoms with Gasteiger partial charge in [-0.15, -0.1) is 0 Å². The first-order chi connectivity index (χ1) is 9.06. The molecule has 1 aliphatic carbocycles. The van der Waals surface area contributed by atoms with Crippen LogP contribution in [0.5, 0.6) is 5.75 Å². The lowest BCUT2D eigenvalue weighted by Crippen LogP contribution is -2.51. The highest BCUT2D eigenvalue weighted by Gasteiger charge is 2.56. The molecule has 1 fully saturated rings. The van der Waals surface area contributed by atoms with Gasteiger partial charge in [0.2, 0.25) is 11.4 Å². The van der Waals surface area contributed by atoms with E-state index in [-0.39, 0.29) is 25.0 Å². The van der Waals surface area contributed by atoms with E-state index in [9.17, 15) is 14.4 Å². The average molecular weight is 260 g/mol. The van der Waals surface area contributed by atoms with Crippen LogP contribution in [0.3, 0.4) is 0 Å². The number of ether oxygens (including phenoxy) is 2. The smallest absolute Gasteiger partial charge is 0.307 e. The zero-order chi connectivity index (χ0) is 13.6. The Morgan fingerprint density at radius 2 is 2.00 bits per heavy atom. The van der Waals surface area contributed by atoms with Gasteiger partial charge in [-0.2, -0.15) is 0 Å². The predicted molar refractivity (Wildman–Crippen MR) is 64.1 cm³/mol. The number of esters is 1. The van der Waals surface area contributed by atoms with Crippen molar-refractivity contribution in [1.29, 1.82) is 0 Å². The molecule has 1 heterocycles. The minimum atomic E-state index is -1.62. The van der Waals surface area contributed by atoms with Gasteiger partial charge >= 0.3 is 5.97 Å². The first-order valence-corrected chi connectivity index (χ1v) is 6.04. The van der Waals surface area contributed by atoms with Crippen molar-refractivity contribution in [1.82, 2.24) is 0 Å². The third-order valence-electron chi connectivity index (χ3n) is 3.66. The summed E-state index contributed by atoms with van der Waals surface area (Å²) in [5, 5.41) is 0. The third-order valence-corrected chi connectivity index (χ3v) is 3.66. The van der Waals surface area contributed by atoms with E-state index < -0.39 is 17.4 Å². The lowest BCUT2D eigenvalue weighted by atomic mass is 9.88. The van der Waals surface area contributed by atoms with Crippen molar-refractivity contribution in [2.24, 2.45) is 0 Å². The Balaban J connectivity index is 2.07. The number of carbonyl (C=O) groups is 3. The van der Waals surface area contributed by atoms with Crippen LogP contribution < -0.4 is 4.74 Å². The first kappa shape index (κ1) is 11.9. The van der Waals surface area contributed by atoms with Crippen LogP contribution in [0.25, 0.3) is 0 Å². The number of fused-ring (bicyclic) bond motifs is 1. The molecule has 5 heteroatoms. The van der Waals surface area contributed by atoms with Gasteiger partial charge in [0.15, 0.2) is 5.78 Å². The number of Topliss-reactive ketones (excluding diaryl/α,β-unsaturated/α-hetero) is 2. The largest absolute Gasteiger partial charge is 0.497 e. The van der Waals surface area contributed by atoms with Gasteiger partial charge in [-0.25, -0.2) is 0 Å². The normalized spacial score (nSPS) is 25.4. The first-order valence-electron chi connectivity index (χ1n) is 6.04. The van der Waals surface area contributed by atoms with Gasteiger partial charge < -0.3 is 9.47 Å². The van der Waals surface area contributed by atoms with Crippen LogP contribution >= 0.6 is 0 Å². The molecule has 0 aromatic heterocycles. The van der Waals surface area contributed by atoms with Crippen LogP contribution in [0.1, 0.15) is 28.8 Å². The van der Waals surface area contributed by atoms with Crippen molar-refractivity contribution >= 4 is 17.5 Å². The van der Waals surface area contributed by atoms with Crippen LogP contribution in [0.2, 0.25) is 0 Å². The number of benzene rings is 1. The van der Waals surface area contributed by atoms with Crippen LogP contribution in [0.15, 0.2) is 18.2 Å². The standard InChI is InChI=1S/C14H12O5/c1-18-9-3-2-8-7-14(13(17)10(8)6-9)11(15)4-5-12(16)19-14/h2-3,6H,4-5,7H2,1H3/t14-/m0/s1. The molecule has 1 spiro atoms. The SMILES string of the molecule is COc1ccc2c(c1)C(=O)[C@@]1(C2)OC(=O)CCC1=O. The summed E-state index contributed by atoms with van der Waals surface area (Å²) in [5.41, 5.74) is -0.499. The fourth-order valence-electron chi connectivity index (χ4n) is 2.64. The van der Waals surface area contributed by atoms with Gasteiger partial charge in [0, 0.05) is 18.4 Å². The quantitative estimate of drug-likeness (QED) is 0.558. The molecule has 0 amide bonds. The Morgan fingerprint density at radius 1 is 1.21 bits per heavy atom. The highest BCUT2D eigenvalue weighted by Crippen LogP contribution is 2.38. The minimum Gasteiger partial charge on any atom is -0.497 e. The van der Waals surface area contributed by atoms with Gasteiger partial charge in [0.1, 0.15) is 5.75 Å². The molecule has 0 saturated carbocycles. The molecule has 2 aliphatic rings. The molecule has 5 nitrogen and oxygen atoms in total. The van der Waals surface area contributed by atoms with Crippen LogP contribution in [-0.4, -0.2) is 30.2 Å². The van der Waals surface area contributed by atoms with E-state index in [1.165, 1.54) is 7.11 Å². The zero-order valence-corrected chi connectivity index (χ0v) is 10.4. The van der Waals surface area contributed by atoms with Crippen molar-refractivity contribution in [3.8, 4) is 5.75 Å². The van der Waals surface area contributed by atoms with Crippen molar-refractivity contribution < 1.29 is 23.9 Å². The van der Waals surface area contributed by atoms with E-state index >= 15 is 0 Å². The molecule has 19 heavy (non-hydrogen) atoms. The maximum absolute atomic E-state index is 12.4. The molecule has 0 unspecified atom stereocenters. The molecule has 1 aliphatic heterocycles. The van der Waals surface area contributed by atoms with Crippen molar-refractivity contribution in [2.45, 2.75) is 24.9 Å². The summed E-state index contributed by atoms with van der Waals surface area (Å²) < 4.78 is 10.2. The highest BCUT2D eigenvalue weighted by molar-refractivity contribution is 6.22. The molecule has 0 radical (unpaired) electrons. The van der Waals surface area contributed by atoms with Crippen molar-refractivity contribution in [3.63, 3.8) is 0 Å². The number of hydrogen-bond donors (Lipinski definition) is 0. The van der Waals surface area contributed by atoms with Crippen molar-refractivity contribution in [2.75, 3.05) is 7.11 Å². The summed E-state index contributed by atoms with van der Waals surface area (Å²) in [5.74, 6) is -0.696. The minimum absolute atomic E-state index is 0.0491. The number of methoxy groups -OCH3 is 1. The highest BCUT2D eigenvalue weighted by atomic mass is 16.6. The van der Waals surface area contributed by atoms with Crippen LogP contribution in [0.4, 0.5) is 0 Å². The number of hydrogen-bond acceptors (Lipinski definition) is 5. The molecule has 1 aromatic rings. The zero-order valence-electron chi connectivity index (χ0n) is 10.4. The summed E-state index contributed by atoms with van der Waals surface area (Å²) in [6.07, 6.45) is 0.249. The topological polar surface area (TPSA) is 69.7 Å². The Bertz CT molecular complexity index is 604. The van der Waals surface area contributed by atoms with Gasteiger partial charge in [-0.3, -0.25) is 14.4 Å². The third kappa shape index (κ3) is 1.58. The van der Waals surface area contributed by atoms with Gasteiger partial charge in [-0.05, 0) is 17.7 Å². The van der Waals surface area contributed by atoms with E-state index in [1.54, 1.807) is 18.2 Å². The van der Waals surface area contributed by atoms with Gasteiger partial charge in [0.25, 0.3) is 0 Å². The van der Waals surface area contributed by atoms with Crippen LogP contribution in [-0.2, 0) is 20.7 Å². The summed E-state index contributed by atoms with van der Waals surface area (Å²) in [6.45, 7) is 0. The summed E-state index contributed by atoms with van der Waals surface area (Å²) in [4.78, 5) is 36.0. The van der Waals surface area contributed by atoms with E-state index in [0.717, 1.165) is 0 Å². The summed E-state index contributed by atoms with van der Waals surface area (Å²) in [7, 11) is 1.50. The molecule has 1 aromatic carbocycles. The Hall–Kier alpha value is -2.17. The number of rotatable bonds is 1. The fourth-order valence-corrected chi connectivity index (χ4v) is 2.64. The molecular weight excluding hydrogens is 248 g/mol. The second-order valence-corrected chi connectivity index (χ2v) is 4.75. The maximum atomic E-state index is 12.4. The summed E-state index contributed by atoms with van der Waals surface area (Å²) in [6, 6.07) is 5.04. The Labute approximate surface area is 109 Å². The monoisotopic (exact) mass is 260 g/mol. The lowest BCUT2D eigenvalue weighted by molar-refractivity contribution is -0.168. The van der Waals surface area contributed by atoms with E-state index in [4.69, 9.17) is 9.47 Å². The molecule has 98 valence electrons. The molecule has 3 rings (SSSR count). The van der Waals surface area contributed by atoms with E-state index in [2.05, 4.69) is 0 Å². The molecule has 1 atom stereocenters. The average Bonchev–Trinajstić information content (AvgIpc) is 2.68. The van der Waals surface area contributed by atoms with Gasteiger partial charge in [0.05, 0.1) is 13.5 Å². The van der Waals surface area contributed by atoms with E-state index in [0.29, 0.717) is 16.9 Å². The second-order valence-electron chi connectivity index (χ2n) is 4.75. The van der Waals surface area contributed by atoms with E-state index in [1.807, 2.05) is 0 Å². The Kier molecular flexibility index (Phi) is 2.45. The second kappa shape index (κ2) is 3.91. The maximum Gasteiger partial charge on any atom is 0.307 e. The summed E-state index contributed by atoms with van der Waals surface area (Å²) >= 11 is 0. The fraction of sp³-hybridized carbons (Fsp3) is 0.357. The molecule has 0 N–H and O–H groups in total. The number of ketones is 2. The van der Waals surface area contributed by atoms with Crippen LogP contribution in [0, 0.1) is 0 Å². The number of carbonyl (C=O) groups excluding carboxylic acids is 3. The molecular formula is C14H12O5. The Morgan fingerprint density at radius 3 is 2.74 bits per heavy atom. The molecule has 0 bridgehead atoms.